The number of esters is 1. The van der Waals surface area contributed by atoms with Gasteiger partial charge in [0, 0.05) is 49.3 Å². The van der Waals surface area contributed by atoms with Gasteiger partial charge in [-0.15, -0.1) is 0 Å². The Hall–Kier alpha value is -2.77. The van der Waals surface area contributed by atoms with Gasteiger partial charge < -0.3 is 24.8 Å². The molecule has 3 heterocycles. The van der Waals surface area contributed by atoms with Gasteiger partial charge in [-0.1, -0.05) is 17.7 Å². The lowest BCUT2D eigenvalue weighted by molar-refractivity contribution is -0.167. The highest BCUT2D eigenvalue weighted by atomic mass is 35.5. The average Bonchev–Trinajstić information content (AvgIpc) is 3.00. The maximum Gasteiger partial charge on any atom is 0.335 e. The number of ether oxygens (including phenoxy) is 3. The minimum Gasteiger partial charge on any atom is -0.458 e. The normalized spacial score (nSPS) is 21.6. The summed E-state index contributed by atoms with van der Waals surface area (Å²) in [4.78, 5) is 21.7. The van der Waals surface area contributed by atoms with Crippen LogP contribution < -0.4 is 10.6 Å². The zero-order valence-corrected chi connectivity index (χ0v) is 27.6. The zero-order valence-electron chi connectivity index (χ0n) is 26.8. The number of hydrogen-bond acceptors (Lipinski definition) is 9. The first-order valence-corrected chi connectivity index (χ1v) is 16.3. The highest BCUT2D eigenvalue weighted by molar-refractivity contribution is 6.33. The van der Waals surface area contributed by atoms with Crippen LogP contribution in [0.1, 0.15) is 78.8 Å². The van der Waals surface area contributed by atoms with E-state index in [1.54, 1.807) is 13.1 Å². The van der Waals surface area contributed by atoms with E-state index in [9.17, 15) is 10.1 Å². The Kier molecular flexibility index (Phi) is 12.0. The van der Waals surface area contributed by atoms with Gasteiger partial charge in [0.05, 0.1) is 28.8 Å². The Labute approximate surface area is 267 Å². The number of anilines is 1. The van der Waals surface area contributed by atoms with Crippen LogP contribution in [0.15, 0.2) is 30.5 Å². The second kappa shape index (κ2) is 15.5. The fourth-order valence-electron chi connectivity index (χ4n) is 5.84. The zero-order chi connectivity index (χ0) is 31.7. The van der Waals surface area contributed by atoms with E-state index in [0.717, 1.165) is 67.7 Å². The maximum absolute atomic E-state index is 12.2. The summed E-state index contributed by atoms with van der Waals surface area (Å²) in [5, 5.41) is 17.4. The van der Waals surface area contributed by atoms with Crippen LogP contribution in [0, 0.1) is 22.7 Å². The molecule has 2 fully saturated rings. The van der Waals surface area contributed by atoms with Gasteiger partial charge in [0.1, 0.15) is 11.4 Å². The fourth-order valence-corrected chi connectivity index (χ4v) is 6.04. The molecule has 2 atom stereocenters. The molecule has 1 saturated heterocycles. The van der Waals surface area contributed by atoms with Gasteiger partial charge in [0.25, 0.3) is 0 Å². The molecule has 9 nitrogen and oxygen atoms in total. The third-order valence-corrected chi connectivity index (χ3v) is 8.73. The molecule has 1 unspecified atom stereocenters. The minimum absolute atomic E-state index is 0.141. The Morgan fingerprint density at radius 1 is 1.20 bits per heavy atom. The highest BCUT2D eigenvalue weighted by Crippen LogP contribution is 2.33. The number of aromatic nitrogens is 2. The lowest BCUT2D eigenvalue weighted by Crippen LogP contribution is -2.42. The monoisotopic (exact) mass is 625 g/mol. The number of carbonyl (C=O) groups excluding carboxylic acids is 1. The van der Waals surface area contributed by atoms with E-state index in [1.165, 1.54) is 0 Å². The van der Waals surface area contributed by atoms with Gasteiger partial charge in [-0.3, -0.25) is 4.98 Å². The Morgan fingerprint density at radius 3 is 2.61 bits per heavy atom. The molecule has 0 aromatic carbocycles. The number of nitriles is 1. The van der Waals surface area contributed by atoms with Crippen molar-refractivity contribution in [2.45, 2.75) is 103 Å². The largest absolute Gasteiger partial charge is 0.458 e. The third-order valence-electron chi connectivity index (χ3n) is 8.43. The van der Waals surface area contributed by atoms with Crippen LogP contribution in [0.25, 0.3) is 11.3 Å². The molecule has 2 N–H and O–H groups in total. The van der Waals surface area contributed by atoms with E-state index in [2.05, 4.69) is 34.7 Å². The van der Waals surface area contributed by atoms with Crippen LogP contribution in [0.3, 0.4) is 0 Å². The first-order chi connectivity index (χ1) is 20.9. The van der Waals surface area contributed by atoms with Crippen LogP contribution in [-0.4, -0.2) is 66.1 Å². The second-order valence-electron chi connectivity index (χ2n) is 13.4. The number of carbonyl (C=O) groups is 1. The molecular formula is C34H48ClN5O4. The molecule has 240 valence electrons. The number of nitrogens with one attached hydrogen (secondary N) is 2. The van der Waals surface area contributed by atoms with Crippen molar-refractivity contribution in [3.63, 3.8) is 0 Å². The molecule has 4 rings (SSSR count). The molecule has 1 saturated carbocycles. The summed E-state index contributed by atoms with van der Waals surface area (Å²) in [5.41, 5.74) is 1.72. The van der Waals surface area contributed by atoms with Gasteiger partial charge >= 0.3 is 5.97 Å². The summed E-state index contributed by atoms with van der Waals surface area (Å²) >= 11 is 6.60. The SMILES string of the molecule is CC(CO[C@H](C)C(=O)OC(C)(C)C)NC1CCC(Cc2cc(-c3cccc(NCC4(C#N)CCOCC4)n3)c(Cl)cn2)CC1. The van der Waals surface area contributed by atoms with E-state index in [1.807, 2.05) is 39.0 Å². The minimum atomic E-state index is -0.590. The molecule has 1 aliphatic heterocycles. The molecule has 2 aromatic heterocycles. The number of pyridine rings is 2. The molecule has 2 aliphatic rings. The van der Waals surface area contributed by atoms with Crippen LogP contribution in [0.4, 0.5) is 5.82 Å². The number of hydrogen-bond donors (Lipinski definition) is 2. The number of halogens is 1. The quantitative estimate of drug-likeness (QED) is 0.260. The molecule has 10 heteroatoms. The number of rotatable bonds is 12. The lowest BCUT2D eigenvalue weighted by Gasteiger charge is -2.31. The van der Waals surface area contributed by atoms with Crippen molar-refractivity contribution in [2.75, 3.05) is 31.7 Å². The summed E-state index contributed by atoms with van der Waals surface area (Å²) in [7, 11) is 0. The van der Waals surface area contributed by atoms with E-state index in [-0.39, 0.29) is 12.0 Å². The lowest BCUT2D eigenvalue weighted by atomic mass is 9.82. The van der Waals surface area contributed by atoms with Crippen molar-refractivity contribution in [3.8, 4) is 17.3 Å². The summed E-state index contributed by atoms with van der Waals surface area (Å²) in [5.74, 6) is 0.946. The van der Waals surface area contributed by atoms with Crippen molar-refractivity contribution < 1.29 is 19.0 Å². The topological polar surface area (TPSA) is 118 Å². The third kappa shape index (κ3) is 10.1. The van der Waals surface area contributed by atoms with Crippen molar-refractivity contribution in [2.24, 2.45) is 11.3 Å². The predicted octanol–water partition coefficient (Wildman–Crippen LogP) is 6.36. The Balaban J connectivity index is 1.26. The standard InChI is InChI=1S/C34H48ClN5O4/c1-23(20-43-24(2)32(41)44-33(3,4)5)39-26-11-9-25(10-12-26)17-27-18-28(29(35)19-37-27)30-7-6-8-31(40-30)38-22-34(21-36)13-15-42-16-14-34/h6-8,18-19,23-26,39H,9-17,20,22H2,1-5H3,(H,38,40)/t23?,24-,25?,26?/m1/s1. The molecule has 0 radical (unpaired) electrons. The molecule has 1 aliphatic carbocycles. The van der Waals surface area contributed by atoms with Crippen molar-refractivity contribution in [3.05, 3.63) is 41.2 Å². The van der Waals surface area contributed by atoms with Crippen LogP contribution >= 0.6 is 11.6 Å². The van der Waals surface area contributed by atoms with E-state index < -0.39 is 17.1 Å². The predicted molar refractivity (Wildman–Crippen MR) is 172 cm³/mol. The Bertz CT molecular complexity index is 1280. The first kappa shape index (κ1) is 34.1. The smallest absolute Gasteiger partial charge is 0.335 e. The molecule has 0 bridgehead atoms. The van der Waals surface area contributed by atoms with Crippen LogP contribution in [0.5, 0.6) is 0 Å². The van der Waals surface area contributed by atoms with Crippen LogP contribution in [0.2, 0.25) is 5.02 Å². The summed E-state index contributed by atoms with van der Waals surface area (Å²) in [6.45, 7) is 11.6. The average molecular weight is 626 g/mol. The van der Waals surface area contributed by atoms with E-state index >= 15 is 0 Å². The van der Waals surface area contributed by atoms with Gasteiger partial charge in [0.2, 0.25) is 0 Å². The molecular weight excluding hydrogens is 578 g/mol. The molecule has 0 spiro atoms. The van der Waals surface area contributed by atoms with Crippen LogP contribution in [-0.2, 0) is 25.4 Å². The first-order valence-electron chi connectivity index (χ1n) is 15.9. The van der Waals surface area contributed by atoms with Gasteiger partial charge in [-0.05, 0) is 104 Å². The molecule has 0 amide bonds. The summed E-state index contributed by atoms with van der Waals surface area (Å²) < 4.78 is 16.6. The molecule has 44 heavy (non-hydrogen) atoms. The van der Waals surface area contributed by atoms with Crippen molar-refractivity contribution in [1.82, 2.24) is 15.3 Å². The fraction of sp³-hybridized carbons (Fsp3) is 0.647. The van der Waals surface area contributed by atoms with Crippen molar-refractivity contribution in [1.29, 1.82) is 5.26 Å². The summed E-state index contributed by atoms with van der Waals surface area (Å²) in [6.07, 6.45) is 7.87. The van der Waals surface area contributed by atoms with E-state index in [4.69, 9.17) is 30.8 Å². The van der Waals surface area contributed by atoms with Gasteiger partial charge in [0.15, 0.2) is 6.10 Å². The molecule has 2 aromatic rings. The second-order valence-corrected chi connectivity index (χ2v) is 13.8. The van der Waals surface area contributed by atoms with E-state index in [0.29, 0.717) is 43.3 Å². The maximum atomic E-state index is 12.2. The Morgan fingerprint density at radius 2 is 1.93 bits per heavy atom. The number of nitrogens with zero attached hydrogens (tertiary/aromatic N) is 3. The highest BCUT2D eigenvalue weighted by Gasteiger charge is 2.32. The van der Waals surface area contributed by atoms with Crippen molar-refractivity contribution >= 4 is 23.4 Å². The van der Waals surface area contributed by atoms with Gasteiger partial charge in [-0.2, -0.15) is 5.26 Å². The van der Waals surface area contributed by atoms with Gasteiger partial charge in [-0.25, -0.2) is 9.78 Å². The summed E-state index contributed by atoms with van der Waals surface area (Å²) in [6, 6.07) is 11.0.